The lowest BCUT2D eigenvalue weighted by molar-refractivity contribution is -0.113. The average Bonchev–Trinajstić information content (AvgIpc) is 3.09. The lowest BCUT2D eigenvalue weighted by Crippen LogP contribution is -2.24. The molecule has 7 nitrogen and oxygen atoms in total. The molecule has 0 aliphatic rings. The van der Waals surface area contributed by atoms with Gasteiger partial charge in [-0.3, -0.25) is 9.59 Å². The minimum atomic E-state index is -0.325. The number of halogens is 4. The molecule has 0 aliphatic heterocycles. The van der Waals surface area contributed by atoms with Gasteiger partial charge in [0.1, 0.15) is 0 Å². The summed E-state index contributed by atoms with van der Waals surface area (Å²) in [6, 6.07) is 9.43. The minimum absolute atomic E-state index is 0.0877. The molecule has 3 rings (SSSR count). The normalized spacial score (nSPS) is 10.7. The molecular weight excluding hydrogens is 504 g/mol. The zero-order chi connectivity index (χ0) is 22.5. The van der Waals surface area contributed by atoms with E-state index < -0.39 is 0 Å². The third-order valence-electron chi connectivity index (χ3n) is 4.05. The van der Waals surface area contributed by atoms with Crippen molar-refractivity contribution >= 4 is 75.7 Å². The monoisotopic (exact) mass is 517 g/mol. The van der Waals surface area contributed by atoms with Crippen LogP contribution < -0.4 is 10.6 Å². The Balaban J connectivity index is 1.54. The van der Waals surface area contributed by atoms with Crippen LogP contribution in [0.3, 0.4) is 0 Å². The predicted molar refractivity (Wildman–Crippen MR) is 124 cm³/mol. The summed E-state index contributed by atoms with van der Waals surface area (Å²) in [5.41, 5.74) is 0.811. The Morgan fingerprint density at radius 3 is 2.48 bits per heavy atom. The molecule has 2 N–H and O–H groups in total. The van der Waals surface area contributed by atoms with E-state index in [4.69, 9.17) is 46.4 Å². The summed E-state index contributed by atoms with van der Waals surface area (Å²) in [7, 11) is 1.74. The third kappa shape index (κ3) is 6.27. The molecular formula is C19H15Cl4N5O2S. The number of carbonyl (C=O) groups is 2. The molecule has 3 aromatic rings. The van der Waals surface area contributed by atoms with Gasteiger partial charge in [0.2, 0.25) is 5.91 Å². The van der Waals surface area contributed by atoms with Gasteiger partial charge >= 0.3 is 0 Å². The molecule has 162 valence electrons. The van der Waals surface area contributed by atoms with Gasteiger partial charge in [-0.25, -0.2) is 0 Å². The molecule has 0 radical (unpaired) electrons. The molecule has 2 aromatic carbocycles. The number of amides is 2. The quantitative estimate of drug-likeness (QED) is 0.425. The van der Waals surface area contributed by atoms with Crippen LogP contribution in [0, 0.1) is 0 Å². The van der Waals surface area contributed by atoms with Crippen molar-refractivity contribution in [2.24, 2.45) is 7.05 Å². The van der Waals surface area contributed by atoms with Gasteiger partial charge in [0.15, 0.2) is 11.0 Å². The molecule has 0 fully saturated rings. The van der Waals surface area contributed by atoms with Crippen molar-refractivity contribution in [3.8, 4) is 0 Å². The van der Waals surface area contributed by atoms with Crippen LogP contribution in [-0.4, -0.2) is 32.3 Å². The lowest BCUT2D eigenvalue weighted by atomic mass is 10.2. The van der Waals surface area contributed by atoms with E-state index in [2.05, 4.69) is 20.8 Å². The van der Waals surface area contributed by atoms with Crippen molar-refractivity contribution in [3.05, 3.63) is 67.9 Å². The Hall–Kier alpha value is -1.97. The summed E-state index contributed by atoms with van der Waals surface area (Å²) in [6.45, 7) is 0.146. The highest BCUT2D eigenvalue weighted by Crippen LogP contribution is 2.26. The van der Waals surface area contributed by atoms with Crippen LogP contribution in [0.5, 0.6) is 0 Å². The van der Waals surface area contributed by atoms with Crippen LogP contribution in [0.4, 0.5) is 5.69 Å². The largest absolute Gasteiger partial charge is 0.345 e. The zero-order valence-corrected chi connectivity index (χ0v) is 19.8. The van der Waals surface area contributed by atoms with Crippen LogP contribution >= 0.6 is 58.2 Å². The van der Waals surface area contributed by atoms with E-state index in [1.807, 2.05) is 0 Å². The Labute approximate surface area is 202 Å². The number of carbonyl (C=O) groups excluding carboxylic acids is 2. The molecule has 0 atom stereocenters. The van der Waals surface area contributed by atoms with Crippen molar-refractivity contribution in [1.29, 1.82) is 0 Å². The number of nitrogens with zero attached hydrogens (tertiary/aromatic N) is 3. The molecule has 0 spiro atoms. The first-order chi connectivity index (χ1) is 14.7. The summed E-state index contributed by atoms with van der Waals surface area (Å²) in [5, 5.41) is 15.6. The van der Waals surface area contributed by atoms with Crippen LogP contribution in [0.2, 0.25) is 20.1 Å². The fourth-order valence-corrected chi connectivity index (χ4v) is 3.80. The number of rotatable bonds is 7. The first-order valence-electron chi connectivity index (χ1n) is 8.74. The van der Waals surface area contributed by atoms with Crippen molar-refractivity contribution in [2.45, 2.75) is 11.7 Å². The second kappa shape index (κ2) is 10.6. The SMILES string of the molecule is Cn1c(CNC(=O)c2ccc(Cl)c(Cl)c2)nnc1SCC(=O)Nc1cc(Cl)ccc1Cl. The second-order valence-corrected chi connectivity index (χ2v) is 8.83. The van der Waals surface area contributed by atoms with E-state index >= 15 is 0 Å². The maximum absolute atomic E-state index is 12.3. The Morgan fingerprint density at radius 1 is 1.00 bits per heavy atom. The number of nitrogens with one attached hydrogen (secondary N) is 2. The Kier molecular flexibility index (Phi) is 8.07. The summed E-state index contributed by atoms with van der Waals surface area (Å²) in [4.78, 5) is 24.5. The summed E-state index contributed by atoms with van der Waals surface area (Å²) < 4.78 is 1.69. The molecule has 0 aliphatic carbocycles. The van der Waals surface area contributed by atoms with Crippen molar-refractivity contribution in [1.82, 2.24) is 20.1 Å². The number of thioether (sulfide) groups is 1. The van der Waals surface area contributed by atoms with E-state index in [1.165, 1.54) is 17.8 Å². The van der Waals surface area contributed by atoms with Gasteiger partial charge in [0.05, 0.1) is 33.1 Å². The van der Waals surface area contributed by atoms with E-state index in [0.717, 1.165) is 0 Å². The summed E-state index contributed by atoms with van der Waals surface area (Å²) >= 11 is 25.0. The standard InChI is InChI=1S/C19H15Cl4N5O2S/c1-28-16(8-24-18(30)10-2-4-12(21)14(23)6-10)26-27-19(28)31-9-17(29)25-15-7-11(20)3-5-13(15)22/h2-7H,8-9H2,1H3,(H,24,30)(H,25,29). The summed E-state index contributed by atoms with van der Waals surface area (Å²) in [5.74, 6) is 0.0131. The van der Waals surface area contributed by atoms with Crippen molar-refractivity contribution in [2.75, 3.05) is 11.1 Å². The number of anilines is 1. The van der Waals surface area contributed by atoms with E-state index in [9.17, 15) is 9.59 Å². The van der Waals surface area contributed by atoms with E-state index in [0.29, 0.717) is 42.3 Å². The van der Waals surface area contributed by atoms with Gasteiger partial charge in [0.25, 0.3) is 5.91 Å². The molecule has 1 aromatic heterocycles. The maximum Gasteiger partial charge on any atom is 0.251 e. The van der Waals surface area contributed by atoms with Crippen LogP contribution in [0.1, 0.15) is 16.2 Å². The zero-order valence-electron chi connectivity index (χ0n) is 16.0. The molecule has 31 heavy (non-hydrogen) atoms. The lowest BCUT2D eigenvalue weighted by Gasteiger charge is -2.08. The fraction of sp³-hybridized carbons (Fsp3) is 0.158. The van der Waals surface area contributed by atoms with Crippen molar-refractivity contribution < 1.29 is 9.59 Å². The van der Waals surface area contributed by atoms with Gasteiger partial charge in [-0.05, 0) is 36.4 Å². The first kappa shape index (κ1) is 23.7. The highest BCUT2D eigenvalue weighted by Gasteiger charge is 2.14. The molecule has 0 saturated carbocycles. The molecule has 0 saturated heterocycles. The topological polar surface area (TPSA) is 88.9 Å². The van der Waals surface area contributed by atoms with Crippen molar-refractivity contribution in [3.63, 3.8) is 0 Å². The summed E-state index contributed by atoms with van der Waals surface area (Å²) in [6.07, 6.45) is 0. The highest BCUT2D eigenvalue weighted by atomic mass is 35.5. The van der Waals surface area contributed by atoms with Gasteiger partial charge in [-0.15, -0.1) is 10.2 Å². The average molecular weight is 519 g/mol. The van der Waals surface area contributed by atoms with Crippen LogP contribution in [0.25, 0.3) is 0 Å². The van der Waals surface area contributed by atoms with E-state index in [1.54, 1.807) is 41.9 Å². The molecule has 0 unspecified atom stereocenters. The smallest absolute Gasteiger partial charge is 0.251 e. The first-order valence-corrected chi connectivity index (χ1v) is 11.2. The van der Waals surface area contributed by atoms with Gasteiger partial charge in [0, 0.05) is 17.6 Å². The van der Waals surface area contributed by atoms with Crippen LogP contribution in [-0.2, 0) is 18.4 Å². The van der Waals surface area contributed by atoms with Gasteiger partial charge < -0.3 is 15.2 Å². The highest BCUT2D eigenvalue weighted by molar-refractivity contribution is 7.99. The molecule has 0 bridgehead atoms. The van der Waals surface area contributed by atoms with E-state index in [-0.39, 0.29) is 24.1 Å². The molecule has 12 heteroatoms. The molecule has 1 heterocycles. The molecule has 2 amide bonds. The Morgan fingerprint density at radius 2 is 1.74 bits per heavy atom. The maximum atomic E-state index is 12.3. The second-order valence-electron chi connectivity index (χ2n) is 6.23. The number of hydrogen-bond donors (Lipinski definition) is 2. The van der Waals surface area contributed by atoms with Gasteiger partial charge in [-0.1, -0.05) is 58.2 Å². The Bertz CT molecular complexity index is 1140. The van der Waals surface area contributed by atoms with Crippen LogP contribution in [0.15, 0.2) is 41.6 Å². The van der Waals surface area contributed by atoms with Gasteiger partial charge in [-0.2, -0.15) is 0 Å². The fourth-order valence-electron chi connectivity index (χ4n) is 2.43. The minimum Gasteiger partial charge on any atom is -0.345 e. The third-order valence-corrected chi connectivity index (χ3v) is 6.37. The predicted octanol–water partition coefficient (Wildman–Crippen LogP) is 5.09. The number of aromatic nitrogens is 3. The number of hydrogen-bond acceptors (Lipinski definition) is 5. The number of benzene rings is 2.